The van der Waals surface area contributed by atoms with Gasteiger partial charge in [-0.25, -0.2) is 10.4 Å². The maximum Gasteiger partial charge on any atom is 0.271 e. The molecule has 6 nitrogen and oxygen atoms in total. The Morgan fingerprint density at radius 2 is 2.09 bits per heavy atom. The van der Waals surface area contributed by atoms with Crippen LogP contribution in [0, 0.1) is 6.92 Å². The summed E-state index contributed by atoms with van der Waals surface area (Å²) in [5.41, 5.74) is 5.77. The van der Waals surface area contributed by atoms with Crippen LogP contribution in [-0.2, 0) is 6.54 Å². The lowest BCUT2D eigenvalue weighted by Crippen LogP contribution is -2.17. The highest BCUT2D eigenvalue weighted by atomic mass is 16.2. The molecule has 0 radical (unpaired) electrons. The second-order valence-electron chi connectivity index (χ2n) is 5.09. The zero-order valence-corrected chi connectivity index (χ0v) is 13.0. The average Bonchev–Trinajstić information content (AvgIpc) is 2.89. The number of hydrogen-bond acceptors (Lipinski definition) is 4. The van der Waals surface area contributed by atoms with Gasteiger partial charge in [-0.1, -0.05) is 0 Å². The summed E-state index contributed by atoms with van der Waals surface area (Å²) < 4.78 is 2.11. The Balaban J connectivity index is 1.77. The maximum atomic E-state index is 12.2. The van der Waals surface area contributed by atoms with Gasteiger partial charge >= 0.3 is 0 Å². The van der Waals surface area contributed by atoms with Crippen molar-refractivity contribution in [3.63, 3.8) is 0 Å². The molecule has 0 saturated heterocycles. The van der Waals surface area contributed by atoms with Gasteiger partial charge < -0.3 is 4.57 Å². The van der Waals surface area contributed by atoms with E-state index in [1.165, 1.54) is 0 Å². The van der Waals surface area contributed by atoms with E-state index in [-0.39, 0.29) is 5.91 Å². The molecule has 0 aliphatic heterocycles. The first kappa shape index (κ1) is 14.9. The number of hydrogen-bond donors (Lipinski definition) is 1. The van der Waals surface area contributed by atoms with Crippen LogP contribution in [0.5, 0.6) is 0 Å². The number of aryl methyl sites for hydroxylation is 2. The van der Waals surface area contributed by atoms with E-state index in [9.17, 15) is 4.79 Å². The summed E-state index contributed by atoms with van der Waals surface area (Å²) in [6.45, 7) is 4.88. The van der Waals surface area contributed by atoms with Crippen LogP contribution < -0.4 is 5.43 Å². The van der Waals surface area contributed by atoms with Crippen molar-refractivity contribution >= 4 is 23.2 Å². The molecule has 0 aliphatic carbocycles. The molecule has 116 valence electrons. The monoisotopic (exact) mass is 307 g/mol. The zero-order chi connectivity index (χ0) is 16.2. The fraction of sp³-hybridized carbons (Fsp3) is 0.176. The van der Waals surface area contributed by atoms with Crippen molar-refractivity contribution in [3.05, 3.63) is 59.7 Å². The number of nitrogens with zero attached hydrogens (tertiary/aromatic N) is 4. The molecular weight excluding hydrogens is 290 g/mol. The summed E-state index contributed by atoms with van der Waals surface area (Å²) in [5, 5.41) is 3.96. The fourth-order valence-corrected chi connectivity index (χ4v) is 2.47. The molecule has 3 rings (SSSR count). The van der Waals surface area contributed by atoms with Gasteiger partial charge in [-0.15, -0.1) is 0 Å². The van der Waals surface area contributed by atoms with Crippen LogP contribution in [0.1, 0.15) is 28.7 Å². The summed E-state index contributed by atoms with van der Waals surface area (Å²) in [5.74, 6) is 0.677. The molecule has 1 N–H and O–H groups in total. The first-order valence-electron chi connectivity index (χ1n) is 7.39. The van der Waals surface area contributed by atoms with Gasteiger partial charge in [0.2, 0.25) is 0 Å². The number of benzene rings is 1. The molecule has 0 atom stereocenters. The number of amides is 1. The van der Waals surface area contributed by atoms with Crippen molar-refractivity contribution in [2.75, 3.05) is 0 Å². The van der Waals surface area contributed by atoms with E-state index in [2.05, 4.69) is 32.0 Å². The van der Waals surface area contributed by atoms with Gasteiger partial charge in [-0.2, -0.15) is 5.10 Å². The second-order valence-corrected chi connectivity index (χ2v) is 5.09. The van der Waals surface area contributed by atoms with Crippen molar-refractivity contribution in [3.8, 4) is 0 Å². The van der Waals surface area contributed by atoms with Crippen LogP contribution in [0.2, 0.25) is 0 Å². The summed E-state index contributed by atoms with van der Waals surface area (Å²) in [6.07, 6.45) is 4.92. The van der Waals surface area contributed by atoms with E-state index in [0.717, 1.165) is 29.0 Å². The molecule has 1 aromatic carbocycles. The maximum absolute atomic E-state index is 12.2. The van der Waals surface area contributed by atoms with Crippen molar-refractivity contribution in [2.45, 2.75) is 20.4 Å². The van der Waals surface area contributed by atoms with Crippen LogP contribution in [0.25, 0.3) is 11.0 Å². The minimum Gasteiger partial charge on any atom is -0.329 e. The summed E-state index contributed by atoms with van der Waals surface area (Å²) in [7, 11) is 0. The van der Waals surface area contributed by atoms with E-state index in [1.807, 2.05) is 25.1 Å². The van der Waals surface area contributed by atoms with Gasteiger partial charge in [-0.05, 0) is 49.7 Å². The largest absolute Gasteiger partial charge is 0.329 e. The quantitative estimate of drug-likeness (QED) is 0.594. The van der Waals surface area contributed by atoms with Crippen molar-refractivity contribution in [1.29, 1.82) is 0 Å². The minimum absolute atomic E-state index is 0.263. The molecule has 0 aliphatic rings. The van der Waals surface area contributed by atoms with Crippen LogP contribution in [0.3, 0.4) is 0 Å². The normalized spacial score (nSPS) is 11.2. The van der Waals surface area contributed by atoms with E-state index >= 15 is 0 Å². The number of fused-ring (bicyclic) bond motifs is 1. The summed E-state index contributed by atoms with van der Waals surface area (Å²) in [4.78, 5) is 20.6. The number of carbonyl (C=O) groups excluding carboxylic acids is 1. The number of nitrogens with one attached hydrogen (secondary N) is 1. The molecule has 3 aromatic rings. The second kappa shape index (κ2) is 6.39. The highest BCUT2D eigenvalue weighted by molar-refractivity contribution is 5.97. The fourth-order valence-electron chi connectivity index (χ4n) is 2.47. The van der Waals surface area contributed by atoms with Crippen molar-refractivity contribution in [2.24, 2.45) is 5.10 Å². The first-order chi connectivity index (χ1) is 11.2. The van der Waals surface area contributed by atoms with Crippen molar-refractivity contribution < 1.29 is 4.79 Å². The predicted octanol–water partition coefficient (Wildman–Crippen LogP) is 2.52. The minimum atomic E-state index is -0.263. The third-order valence-corrected chi connectivity index (χ3v) is 3.60. The molecule has 2 aromatic heterocycles. The molecule has 1 amide bonds. The Hall–Kier alpha value is -3.02. The van der Waals surface area contributed by atoms with E-state index in [1.54, 1.807) is 30.7 Å². The molecule has 23 heavy (non-hydrogen) atoms. The Bertz CT molecular complexity index is 867. The van der Waals surface area contributed by atoms with Crippen molar-refractivity contribution in [1.82, 2.24) is 20.0 Å². The van der Waals surface area contributed by atoms with Crippen LogP contribution >= 0.6 is 0 Å². The average molecular weight is 307 g/mol. The standard InChI is InChI=1S/C17H17N5O/c1-3-22-12(2)20-15-10-14(4-5-16(15)22)17(23)21-19-11-13-6-8-18-9-7-13/h4-11H,3H2,1-2H3,(H,21,23). The number of pyridine rings is 1. The topological polar surface area (TPSA) is 72.2 Å². The number of carbonyl (C=O) groups is 1. The Morgan fingerprint density at radius 3 is 2.83 bits per heavy atom. The molecule has 2 heterocycles. The van der Waals surface area contributed by atoms with E-state index in [0.29, 0.717) is 5.56 Å². The Kier molecular flexibility index (Phi) is 4.14. The highest BCUT2D eigenvalue weighted by Gasteiger charge is 2.10. The lowest BCUT2D eigenvalue weighted by atomic mass is 10.2. The van der Waals surface area contributed by atoms with Gasteiger partial charge in [0, 0.05) is 24.5 Å². The smallest absolute Gasteiger partial charge is 0.271 e. The van der Waals surface area contributed by atoms with Gasteiger partial charge in [0.15, 0.2) is 0 Å². The molecule has 0 unspecified atom stereocenters. The van der Waals surface area contributed by atoms with Crippen LogP contribution in [0.4, 0.5) is 0 Å². The molecule has 6 heteroatoms. The lowest BCUT2D eigenvalue weighted by Gasteiger charge is -2.03. The number of hydrazone groups is 1. The first-order valence-corrected chi connectivity index (χ1v) is 7.39. The Labute approximate surface area is 133 Å². The molecule has 0 fully saturated rings. The summed E-state index contributed by atoms with van der Waals surface area (Å²) >= 11 is 0. The van der Waals surface area contributed by atoms with E-state index in [4.69, 9.17) is 0 Å². The summed E-state index contributed by atoms with van der Waals surface area (Å²) in [6, 6.07) is 9.10. The predicted molar refractivity (Wildman–Crippen MR) is 89.4 cm³/mol. The molecular formula is C17H17N5O. The Morgan fingerprint density at radius 1 is 1.30 bits per heavy atom. The van der Waals surface area contributed by atoms with Crippen LogP contribution in [-0.4, -0.2) is 26.7 Å². The van der Waals surface area contributed by atoms with Gasteiger partial charge in [-0.3, -0.25) is 9.78 Å². The molecule has 0 spiro atoms. The SMILES string of the molecule is CCn1c(C)nc2cc(C(=O)NN=Cc3ccncc3)ccc21. The highest BCUT2D eigenvalue weighted by Crippen LogP contribution is 2.17. The van der Waals surface area contributed by atoms with Gasteiger partial charge in [0.25, 0.3) is 5.91 Å². The van der Waals surface area contributed by atoms with Gasteiger partial charge in [0.1, 0.15) is 5.82 Å². The molecule has 0 bridgehead atoms. The van der Waals surface area contributed by atoms with E-state index < -0.39 is 0 Å². The number of aromatic nitrogens is 3. The zero-order valence-electron chi connectivity index (χ0n) is 13.0. The van der Waals surface area contributed by atoms with Crippen LogP contribution in [0.15, 0.2) is 47.8 Å². The third kappa shape index (κ3) is 3.11. The number of rotatable bonds is 4. The third-order valence-electron chi connectivity index (χ3n) is 3.60. The number of imidazole rings is 1. The van der Waals surface area contributed by atoms with Gasteiger partial charge in [0.05, 0.1) is 17.2 Å². The molecule has 0 saturated carbocycles. The lowest BCUT2D eigenvalue weighted by molar-refractivity contribution is 0.0955.